The molecule has 25 heavy (non-hydrogen) atoms. The number of hydrogen-bond acceptors (Lipinski definition) is 3. The Morgan fingerprint density at radius 1 is 1.16 bits per heavy atom. The summed E-state index contributed by atoms with van der Waals surface area (Å²) in [6.07, 6.45) is 0. The van der Waals surface area contributed by atoms with Crippen LogP contribution in [0.2, 0.25) is 0 Å². The van der Waals surface area contributed by atoms with Gasteiger partial charge in [-0.1, -0.05) is 30.3 Å². The molecule has 0 spiro atoms. The van der Waals surface area contributed by atoms with Crippen LogP contribution in [0.15, 0.2) is 48.5 Å². The van der Waals surface area contributed by atoms with Crippen molar-refractivity contribution in [3.05, 3.63) is 65.7 Å². The van der Waals surface area contributed by atoms with E-state index in [0.29, 0.717) is 0 Å². The fraction of sp³-hybridized carbons (Fsp3) is 0.222. The molecule has 1 N–H and O–H groups in total. The molecule has 1 atom stereocenters. The van der Waals surface area contributed by atoms with Gasteiger partial charge in [-0.25, -0.2) is 8.78 Å². The summed E-state index contributed by atoms with van der Waals surface area (Å²) in [7, 11) is 0. The molecule has 2 amide bonds. The lowest BCUT2D eigenvalue weighted by molar-refractivity contribution is -0.154. The van der Waals surface area contributed by atoms with Gasteiger partial charge in [-0.15, -0.1) is 0 Å². The van der Waals surface area contributed by atoms with E-state index in [2.05, 4.69) is 5.32 Å². The molecule has 0 unspecified atom stereocenters. The van der Waals surface area contributed by atoms with Crippen LogP contribution in [-0.4, -0.2) is 36.0 Å². The molecule has 1 fully saturated rings. The van der Waals surface area contributed by atoms with Gasteiger partial charge in [0.15, 0.2) is 11.6 Å². The van der Waals surface area contributed by atoms with Gasteiger partial charge in [0.05, 0.1) is 6.61 Å². The van der Waals surface area contributed by atoms with Crippen molar-refractivity contribution < 1.29 is 23.1 Å². The maximum Gasteiger partial charge on any atom is 0.249 e. The highest BCUT2D eigenvalue weighted by Gasteiger charge is 2.34. The van der Waals surface area contributed by atoms with E-state index in [1.54, 1.807) is 0 Å². The van der Waals surface area contributed by atoms with E-state index >= 15 is 0 Å². The number of anilines is 1. The first-order valence-electron chi connectivity index (χ1n) is 7.71. The first-order chi connectivity index (χ1) is 12.0. The number of ether oxygens (including phenoxy) is 1. The molecule has 3 rings (SSSR count). The van der Waals surface area contributed by atoms with Crippen LogP contribution in [0.3, 0.4) is 0 Å². The fourth-order valence-corrected chi connectivity index (χ4v) is 2.60. The zero-order valence-electron chi connectivity index (χ0n) is 13.2. The molecule has 1 saturated heterocycles. The van der Waals surface area contributed by atoms with Crippen LogP contribution in [0.1, 0.15) is 5.56 Å². The molecule has 130 valence electrons. The van der Waals surface area contributed by atoms with Crippen LogP contribution < -0.4 is 5.32 Å². The number of carbonyl (C=O) groups is 2. The van der Waals surface area contributed by atoms with Crippen molar-refractivity contribution in [1.29, 1.82) is 0 Å². The molecule has 2 aromatic carbocycles. The Morgan fingerprint density at radius 3 is 2.64 bits per heavy atom. The molecule has 2 aromatic rings. The van der Waals surface area contributed by atoms with Crippen LogP contribution >= 0.6 is 0 Å². The van der Waals surface area contributed by atoms with E-state index < -0.39 is 23.6 Å². The molecule has 0 bridgehead atoms. The van der Waals surface area contributed by atoms with Crippen molar-refractivity contribution in [3.8, 4) is 0 Å². The Balaban J connectivity index is 1.76. The van der Waals surface area contributed by atoms with Gasteiger partial charge < -0.3 is 15.0 Å². The SMILES string of the molecule is O=C(Nc1ccc(F)c(F)c1)[C@@H]1COCC(=O)N1Cc1ccccc1. The highest BCUT2D eigenvalue weighted by atomic mass is 19.2. The third kappa shape index (κ3) is 4.00. The third-order valence-corrected chi connectivity index (χ3v) is 3.88. The second-order valence-electron chi connectivity index (χ2n) is 5.66. The molecule has 0 radical (unpaired) electrons. The van der Waals surface area contributed by atoms with E-state index in [4.69, 9.17) is 4.74 Å². The minimum absolute atomic E-state index is 0.0358. The minimum atomic E-state index is -1.06. The summed E-state index contributed by atoms with van der Waals surface area (Å²) in [5, 5.41) is 2.50. The third-order valence-electron chi connectivity index (χ3n) is 3.88. The van der Waals surface area contributed by atoms with E-state index in [0.717, 1.165) is 17.7 Å². The molecule has 0 aromatic heterocycles. The summed E-state index contributed by atoms with van der Waals surface area (Å²) in [4.78, 5) is 26.1. The lowest BCUT2D eigenvalue weighted by atomic mass is 10.1. The molecule has 1 aliphatic heterocycles. The van der Waals surface area contributed by atoms with Crippen molar-refractivity contribution >= 4 is 17.5 Å². The molecular weight excluding hydrogens is 330 g/mol. The standard InChI is InChI=1S/C18H16F2N2O3/c19-14-7-6-13(8-15(14)20)21-18(24)16-10-25-11-17(23)22(16)9-12-4-2-1-3-5-12/h1-8,16H,9-11H2,(H,21,24)/t16-/m0/s1. The van der Waals surface area contributed by atoms with E-state index in [-0.39, 0.29) is 31.4 Å². The Hall–Kier alpha value is -2.80. The number of morpholine rings is 1. The van der Waals surface area contributed by atoms with Gasteiger partial charge in [0.1, 0.15) is 12.6 Å². The Bertz CT molecular complexity index is 783. The highest BCUT2D eigenvalue weighted by Crippen LogP contribution is 2.17. The van der Waals surface area contributed by atoms with Crippen molar-refractivity contribution in [3.63, 3.8) is 0 Å². The summed E-state index contributed by atoms with van der Waals surface area (Å²) in [5.74, 6) is -2.88. The van der Waals surface area contributed by atoms with Crippen LogP contribution in [0.4, 0.5) is 14.5 Å². The summed E-state index contributed by atoms with van der Waals surface area (Å²) >= 11 is 0. The normalized spacial score (nSPS) is 17.4. The highest BCUT2D eigenvalue weighted by molar-refractivity contribution is 5.97. The van der Waals surface area contributed by atoms with Crippen molar-refractivity contribution in [1.82, 2.24) is 4.90 Å². The van der Waals surface area contributed by atoms with Crippen LogP contribution in [-0.2, 0) is 20.9 Å². The first kappa shape index (κ1) is 17.0. The summed E-state index contributed by atoms with van der Waals surface area (Å²) < 4.78 is 31.4. The van der Waals surface area contributed by atoms with E-state index in [9.17, 15) is 18.4 Å². The van der Waals surface area contributed by atoms with Crippen molar-refractivity contribution in [2.45, 2.75) is 12.6 Å². The number of carbonyl (C=O) groups excluding carboxylic acids is 2. The summed E-state index contributed by atoms with van der Waals surface area (Å²) in [6, 6.07) is 11.5. The monoisotopic (exact) mass is 346 g/mol. The van der Waals surface area contributed by atoms with Gasteiger partial charge in [-0.3, -0.25) is 9.59 Å². The molecule has 0 aliphatic carbocycles. The quantitative estimate of drug-likeness (QED) is 0.924. The average Bonchev–Trinajstić information content (AvgIpc) is 2.61. The number of nitrogens with zero attached hydrogens (tertiary/aromatic N) is 1. The maximum atomic E-state index is 13.3. The van der Waals surface area contributed by atoms with E-state index in [1.165, 1.54) is 11.0 Å². The summed E-state index contributed by atoms with van der Waals surface area (Å²) in [6.45, 7) is 0.203. The number of benzene rings is 2. The molecule has 1 aliphatic rings. The predicted octanol–water partition coefficient (Wildman–Crippen LogP) is 2.33. The van der Waals surface area contributed by atoms with Gasteiger partial charge in [0.2, 0.25) is 11.8 Å². The first-order valence-corrected chi connectivity index (χ1v) is 7.71. The van der Waals surface area contributed by atoms with Gasteiger partial charge >= 0.3 is 0 Å². The van der Waals surface area contributed by atoms with Crippen LogP contribution in [0, 0.1) is 11.6 Å². The molecule has 1 heterocycles. The topological polar surface area (TPSA) is 58.6 Å². The van der Waals surface area contributed by atoms with Gasteiger partial charge in [-0.2, -0.15) is 0 Å². The van der Waals surface area contributed by atoms with Gasteiger partial charge in [0.25, 0.3) is 0 Å². The largest absolute Gasteiger partial charge is 0.369 e. The zero-order chi connectivity index (χ0) is 17.8. The number of halogens is 2. The number of hydrogen-bond donors (Lipinski definition) is 1. The molecular formula is C18H16F2N2O3. The number of rotatable bonds is 4. The summed E-state index contributed by atoms with van der Waals surface area (Å²) in [5.41, 5.74) is 0.991. The van der Waals surface area contributed by atoms with Crippen LogP contribution in [0.25, 0.3) is 0 Å². The minimum Gasteiger partial charge on any atom is -0.369 e. The Morgan fingerprint density at radius 2 is 1.92 bits per heavy atom. The number of nitrogens with one attached hydrogen (secondary N) is 1. The molecule has 7 heteroatoms. The average molecular weight is 346 g/mol. The van der Waals surface area contributed by atoms with Gasteiger partial charge in [-0.05, 0) is 17.7 Å². The Labute approximate surface area is 143 Å². The van der Waals surface area contributed by atoms with Crippen molar-refractivity contribution in [2.24, 2.45) is 0 Å². The van der Waals surface area contributed by atoms with Crippen LogP contribution in [0.5, 0.6) is 0 Å². The Kier molecular flexibility index (Phi) is 5.04. The second kappa shape index (κ2) is 7.40. The molecule has 5 nitrogen and oxygen atoms in total. The number of amides is 2. The van der Waals surface area contributed by atoms with Gasteiger partial charge in [0, 0.05) is 18.3 Å². The second-order valence-corrected chi connectivity index (χ2v) is 5.66. The predicted molar refractivity (Wildman–Crippen MR) is 86.6 cm³/mol. The maximum absolute atomic E-state index is 13.3. The fourth-order valence-electron chi connectivity index (χ4n) is 2.60. The lowest BCUT2D eigenvalue weighted by Crippen LogP contribution is -2.54. The smallest absolute Gasteiger partial charge is 0.249 e. The van der Waals surface area contributed by atoms with Crippen molar-refractivity contribution in [2.75, 3.05) is 18.5 Å². The molecule has 0 saturated carbocycles. The van der Waals surface area contributed by atoms with E-state index in [1.807, 2.05) is 30.3 Å². The lowest BCUT2D eigenvalue weighted by Gasteiger charge is -2.34. The zero-order valence-corrected chi connectivity index (χ0v) is 13.2.